The monoisotopic (exact) mass is 245 g/mol. The van der Waals surface area contributed by atoms with Crippen LogP contribution in [0.15, 0.2) is 30.5 Å². The maximum Gasteiger partial charge on any atom is 0.310 e. The summed E-state index contributed by atoms with van der Waals surface area (Å²) in [5, 5.41) is 16.8. The molecule has 0 fully saturated rings. The summed E-state index contributed by atoms with van der Waals surface area (Å²) in [5.74, 6) is -1.29. The van der Waals surface area contributed by atoms with Crippen molar-refractivity contribution in [3.63, 3.8) is 0 Å². The van der Waals surface area contributed by atoms with E-state index in [0.717, 1.165) is 16.8 Å². The fraction of sp³-hybridized carbons (Fsp3) is 0.308. The second-order valence-corrected chi connectivity index (χ2v) is 4.36. The lowest BCUT2D eigenvalue weighted by Crippen LogP contribution is -2.07. The normalized spacial score (nSPS) is 12.3. The fourth-order valence-corrected chi connectivity index (χ4v) is 1.71. The van der Waals surface area contributed by atoms with Crippen LogP contribution in [-0.4, -0.2) is 26.1 Å². The van der Waals surface area contributed by atoms with Gasteiger partial charge in [0.1, 0.15) is 0 Å². The highest BCUT2D eigenvalue weighted by atomic mass is 16.4. The molecule has 0 bridgehead atoms. The molecule has 18 heavy (non-hydrogen) atoms. The van der Waals surface area contributed by atoms with Gasteiger partial charge in [-0.25, -0.2) is 4.68 Å². The van der Waals surface area contributed by atoms with Gasteiger partial charge < -0.3 is 5.11 Å². The van der Waals surface area contributed by atoms with Crippen molar-refractivity contribution in [2.45, 2.75) is 26.3 Å². The molecular formula is C13H15N3O2. The van der Waals surface area contributed by atoms with Gasteiger partial charge >= 0.3 is 5.97 Å². The van der Waals surface area contributed by atoms with Gasteiger partial charge in [-0.2, -0.15) is 0 Å². The number of hydrogen-bond donors (Lipinski definition) is 1. The highest BCUT2D eigenvalue weighted by Crippen LogP contribution is 2.16. The molecule has 0 saturated carbocycles. The molecule has 2 aromatic rings. The van der Waals surface area contributed by atoms with Crippen LogP contribution in [0.3, 0.4) is 0 Å². The molecule has 1 N–H and O–H groups in total. The van der Waals surface area contributed by atoms with Gasteiger partial charge in [-0.1, -0.05) is 29.5 Å². The summed E-state index contributed by atoms with van der Waals surface area (Å²) in [6.07, 6.45) is 1.87. The molecule has 0 spiro atoms. The van der Waals surface area contributed by atoms with Crippen molar-refractivity contribution < 1.29 is 9.90 Å². The van der Waals surface area contributed by atoms with Crippen molar-refractivity contribution in [2.75, 3.05) is 0 Å². The number of carbonyl (C=O) groups is 1. The third kappa shape index (κ3) is 2.74. The first-order valence-electron chi connectivity index (χ1n) is 5.74. The minimum absolute atomic E-state index is 0.479. The van der Waals surface area contributed by atoms with Crippen LogP contribution in [0.5, 0.6) is 0 Å². The van der Waals surface area contributed by atoms with Crippen LogP contribution in [0.2, 0.25) is 0 Å². The Labute approximate surface area is 105 Å². The standard InChI is InChI=1S/C13H15N3O2/c1-9-7-16(15-14-9)8-11-3-5-12(6-4-11)10(2)13(17)18/h3-7,10H,8H2,1-2H3,(H,17,18). The van der Waals surface area contributed by atoms with Gasteiger partial charge in [0.05, 0.1) is 18.2 Å². The predicted octanol–water partition coefficient (Wildman–Crippen LogP) is 1.82. The first-order valence-corrected chi connectivity index (χ1v) is 5.74. The number of rotatable bonds is 4. The molecule has 0 aliphatic carbocycles. The lowest BCUT2D eigenvalue weighted by Gasteiger charge is -2.07. The molecule has 1 heterocycles. The number of aliphatic carboxylic acids is 1. The molecule has 1 aromatic carbocycles. The highest BCUT2D eigenvalue weighted by Gasteiger charge is 2.12. The van der Waals surface area contributed by atoms with Crippen molar-refractivity contribution in [1.29, 1.82) is 0 Å². The Bertz CT molecular complexity index is 546. The quantitative estimate of drug-likeness (QED) is 0.892. The van der Waals surface area contributed by atoms with Crippen LogP contribution in [0.25, 0.3) is 0 Å². The Hall–Kier alpha value is -2.17. The first kappa shape index (κ1) is 12.3. The molecule has 2 rings (SSSR count). The van der Waals surface area contributed by atoms with Crippen LogP contribution >= 0.6 is 0 Å². The Morgan fingerprint density at radius 3 is 2.56 bits per heavy atom. The van der Waals surface area contributed by atoms with Crippen LogP contribution in [0.1, 0.15) is 29.7 Å². The fourth-order valence-electron chi connectivity index (χ4n) is 1.71. The average molecular weight is 245 g/mol. The Balaban J connectivity index is 2.10. The van der Waals surface area contributed by atoms with E-state index in [2.05, 4.69) is 10.3 Å². The summed E-state index contributed by atoms with van der Waals surface area (Å²) >= 11 is 0. The van der Waals surface area contributed by atoms with Crippen molar-refractivity contribution in [3.05, 3.63) is 47.3 Å². The van der Waals surface area contributed by atoms with Gasteiger partial charge in [0.2, 0.25) is 0 Å². The van der Waals surface area contributed by atoms with Gasteiger partial charge in [0, 0.05) is 6.20 Å². The van der Waals surface area contributed by atoms with E-state index in [1.807, 2.05) is 37.4 Å². The molecule has 0 saturated heterocycles. The Kier molecular flexibility index (Phi) is 3.41. The third-order valence-electron chi connectivity index (χ3n) is 2.85. The minimum atomic E-state index is -0.811. The molecule has 1 atom stereocenters. The van der Waals surface area contributed by atoms with Crippen molar-refractivity contribution >= 4 is 5.97 Å². The predicted molar refractivity (Wildman–Crippen MR) is 66.4 cm³/mol. The molecule has 0 amide bonds. The van der Waals surface area contributed by atoms with Gasteiger partial charge in [-0.3, -0.25) is 4.79 Å². The molecule has 1 aromatic heterocycles. The zero-order valence-corrected chi connectivity index (χ0v) is 10.4. The number of aromatic nitrogens is 3. The zero-order chi connectivity index (χ0) is 13.1. The Morgan fingerprint density at radius 2 is 2.06 bits per heavy atom. The van der Waals surface area contributed by atoms with E-state index in [-0.39, 0.29) is 0 Å². The van der Waals surface area contributed by atoms with Gasteiger partial charge in [-0.05, 0) is 25.0 Å². The Morgan fingerprint density at radius 1 is 1.39 bits per heavy atom. The molecule has 94 valence electrons. The summed E-state index contributed by atoms with van der Waals surface area (Å²) < 4.78 is 1.75. The number of nitrogens with zero attached hydrogens (tertiary/aromatic N) is 3. The highest BCUT2D eigenvalue weighted by molar-refractivity contribution is 5.75. The maximum absolute atomic E-state index is 10.9. The second kappa shape index (κ2) is 5.00. The summed E-state index contributed by atoms with van der Waals surface area (Å²) in [7, 11) is 0. The van der Waals surface area contributed by atoms with E-state index >= 15 is 0 Å². The smallest absolute Gasteiger partial charge is 0.310 e. The topological polar surface area (TPSA) is 68.0 Å². The molecule has 0 aliphatic heterocycles. The minimum Gasteiger partial charge on any atom is -0.481 e. The largest absolute Gasteiger partial charge is 0.481 e. The maximum atomic E-state index is 10.9. The summed E-state index contributed by atoms with van der Waals surface area (Å²) in [6, 6.07) is 7.54. The number of aryl methyl sites for hydroxylation is 1. The van der Waals surface area contributed by atoms with Gasteiger partial charge in [0.25, 0.3) is 0 Å². The van der Waals surface area contributed by atoms with Gasteiger partial charge in [-0.15, -0.1) is 5.10 Å². The summed E-state index contributed by atoms with van der Waals surface area (Å²) in [6.45, 7) is 4.21. The van der Waals surface area contributed by atoms with E-state index < -0.39 is 11.9 Å². The van der Waals surface area contributed by atoms with E-state index in [4.69, 9.17) is 5.11 Å². The molecule has 0 aliphatic rings. The number of carboxylic acids is 1. The van der Waals surface area contributed by atoms with Crippen LogP contribution in [0, 0.1) is 6.92 Å². The molecule has 5 heteroatoms. The second-order valence-electron chi connectivity index (χ2n) is 4.36. The van der Waals surface area contributed by atoms with Crippen LogP contribution in [0.4, 0.5) is 0 Å². The number of carboxylic acid groups (broad SMARTS) is 1. The summed E-state index contributed by atoms with van der Waals surface area (Å²) in [4.78, 5) is 10.9. The van der Waals surface area contributed by atoms with Crippen LogP contribution in [-0.2, 0) is 11.3 Å². The molecular weight excluding hydrogens is 230 g/mol. The third-order valence-corrected chi connectivity index (χ3v) is 2.85. The van der Waals surface area contributed by atoms with Crippen LogP contribution < -0.4 is 0 Å². The lowest BCUT2D eigenvalue weighted by atomic mass is 10.0. The number of hydrogen-bond acceptors (Lipinski definition) is 3. The van der Waals surface area contributed by atoms with Crippen molar-refractivity contribution in [3.8, 4) is 0 Å². The number of benzene rings is 1. The molecule has 0 radical (unpaired) electrons. The van der Waals surface area contributed by atoms with Crippen molar-refractivity contribution in [2.24, 2.45) is 0 Å². The van der Waals surface area contributed by atoms with E-state index in [1.54, 1.807) is 11.6 Å². The first-order chi connectivity index (χ1) is 8.56. The van der Waals surface area contributed by atoms with E-state index in [1.165, 1.54) is 0 Å². The average Bonchev–Trinajstić information content (AvgIpc) is 2.75. The molecule has 1 unspecified atom stereocenters. The zero-order valence-electron chi connectivity index (χ0n) is 10.4. The SMILES string of the molecule is Cc1cn(Cc2ccc(C(C)C(=O)O)cc2)nn1. The van der Waals surface area contributed by atoms with E-state index in [0.29, 0.717) is 6.54 Å². The lowest BCUT2D eigenvalue weighted by molar-refractivity contribution is -0.138. The molecule has 5 nitrogen and oxygen atoms in total. The summed E-state index contributed by atoms with van der Waals surface area (Å²) in [5.41, 5.74) is 2.76. The van der Waals surface area contributed by atoms with Gasteiger partial charge in [0.15, 0.2) is 0 Å². The van der Waals surface area contributed by atoms with Crippen molar-refractivity contribution in [1.82, 2.24) is 15.0 Å². The van der Waals surface area contributed by atoms with E-state index in [9.17, 15) is 4.79 Å².